The molecule has 2 unspecified atom stereocenters. The van der Waals surface area contributed by atoms with Gasteiger partial charge in [0, 0.05) is 10.1 Å². The van der Waals surface area contributed by atoms with Crippen LogP contribution in [0.4, 0.5) is 0 Å². The molecule has 0 bridgehead atoms. The van der Waals surface area contributed by atoms with Crippen LogP contribution in [0.1, 0.15) is 30.7 Å². The normalized spacial score (nSPS) is 23.2. The molecule has 15 heavy (non-hydrogen) atoms. The number of hydrogen-bond donors (Lipinski definition) is 1. The Kier molecular flexibility index (Phi) is 4.38. The molecule has 0 aliphatic carbocycles. The summed E-state index contributed by atoms with van der Waals surface area (Å²) in [6.07, 6.45) is 2.69. The molecule has 0 amide bonds. The SMILES string of the molecule is CCNC(c1ccc(Cl)s1)C1CCCS1. The summed E-state index contributed by atoms with van der Waals surface area (Å²) in [6.45, 7) is 3.19. The zero-order valence-electron chi connectivity index (χ0n) is 8.83. The van der Waals surface area contributed by atoms with Gasteiger partial charge in [-0.05, 0) is 37.3 Å². The van der Waals surface area contributed by atoms with E-state index in [9.17, 15) is 0 Å². The summed E-state index contributed by atoms with van der Waals surface area (Å²) in [5.41, 5.74) is 0. The van der Waals surface area contributed by atoms with Crippen molar-refractivity contribution < 1.29 is 0 Å². The van der Waals surface area contributed by atoms with Crippen molar-refractivity contribution in [1.82, 2.24) is 5.32 Å². The van der Waals surface area contributed by atoms with Crippen molar-refractivity contribution in [1.29, 1.82) is 0 Å². The summed E-state index contributed by atoms with van der Waals surface area (Å²) in [5.74, 6) is 1.31. The molecule has 0 aromatic carbocycles. The molecule has 1 aromatic heterocycles. The largest absolute Gasteiger partial charge is 0.309 e. The van der Waals surface area contributed by atoms with E-state index in [-0.39, 0.29) is 0 Å². The molecular weight excluding hydrogens is 246 g/mol. The van der Waals surface area contributed by atoms with Gasteiger partial charge in [-0.15, -0.1) is 11.3 Å². The highest BCUT2D eigenvalue weighted by molar-refractivity contribution is 8.00. The molecule has 0 radical (unpaired) electrons. The maximum absolute atomic E-state index is 6.00. The van der Waals surface area contributed by atoms with Crippen molar-refractivity contribution in [3.63, 3.8) is 0 Å². The summed E-state index contributed by atoms with van der Waals surface area (Å²) >= 11 is 9.80. The van der Waals surface area contributed by atoms with Crippen molar-refractivity contribution in [2.75, 3.05) is 12.3 Å². The number of rotatable bonds is 4. The molecule has 0 spiro atoms. The van der Waals surface area contributed by atoms with E-state index in [2.05, 4.69) is 30.1 Å². The minimum Gasteiger partial charge on any atom is -0.309 e. The zero-order chi connectivity index (χ0) is 10.7. The lowest BCUT2D eigenvalue weighted by Gasteiger charge is -2.22. The number of nitrogens with one attached hydrogen (secondary N) is 1. The molecule has 0 saturated carbocycles. The van der Waals surface area contributed by atoms with Crippen LogP contribution in [0.3, 0.4) is 0 Å². The standard InChI is InChI=1S/C11H16ClNS2/c1-2-13-11(8-4-3-7-14-8)9-5-6-10(12)15-9/h5-6,8,11,13H,2-4,7H2,1H3. The van der Waals surface area contributed by atoms with Gasteiger partial charge in [0.1, 0.15) is 0 Å². The summed E-state index contributed by atoms with van der Waals surface area (Å²) in [5, 5.41) is 4.32. The molecule has 1 aliphatic heterocycles. The van der Waals surface area contributed by atoms with Crippen LogP contribution in [-0.2, 0) is 0 Å². The predicted molar refractivity (Wildman–Crippen MR) is 71.2 cm³/mol. The third kappa shape index (κ3) is 2.90. The average Bonchev–Trinajstić information content (AvgIpc) is 2.85. The monoisotopic (exact) mass is 261 g/mol. The molecule has 1 saturated heterocycles. The molecule has 1 nitrogen and oxygen atoms in total. The van der Waals surface area contributed by atoms with Gasteiger partial charge >= 0.3 is 0 Å². The fourth-order valence-electron chi connectivity index (χ4n) is 2.00. The first-order valence-electron chi connectivity index (χ1n) is 5.41. The second-order valence-electron chi connectivity index (χ2n) is 3.73. The summed E-state index contributed by atoms with van der Waals surface area (Å²) in [7, 11) is 0. The predicted octanol–water partition coefficient (Wildman–Crippen LogP) is 3.95. The Balaban J connectivity index is 2.11. The van der Waals surface area contributed by atoms with Crippen LogP contribution in [0.5, 0.6) is 0 Å². The van der Waals surface area contributed by atoms with Gasteiger partial charge in [-0.1, -0.05) is 18.5 Å². The van der Waals surface area contributed by atoms with Crippen molar-refractivity contribution in [3.05, 3.63) is 21.3 Å². The number of thioether (sulfide) groups is 1. The number of hydrogen-bond acceptors (Lipinski definition) is 3. The van der Waals surface area contributed by atoms with Gasteiger partial charge in [-0.2, -0.15) is 11.8 Å². The van der Waals surface area contributed by atoms with Gasteiger partial charge in [0.2, 0.25) is 0 Å². The molecule has 4 heteroatoms. The topological polar surface area (TPSA) is 12.0 Å². The summed E-state index contributed by atoms with van der Waals surface area (Å²) in [4.78, 5) is 1.39. The van der Waals surface area contributed by atoms with Crippen molar-refractivity contribution >= 4 is 34.7 Å². The third-order valence-electron chi connectivity index (χ3n) is 2.66. The molecule has 1 fully saturated rings. The lowest BCUT2D eigenvalue weighted by atomic mass is 10.1. The van der Waals surface area contributed by atoms with Gasteiger partial charge in [0.05, 0.1) is 10.4 Å². The van der Waals surface area contributed by atoms with Crippen LogP contribution >= 0.6 is 34.7 Å². The van der Waals surface area contributed by atoms with Crippen LogP contribution in [0.25, 0.3) is 0 Å². The van der Waals surface area contributed by atoms with E-state index in [0.29, 0.717) is 6.04 Å². The number of thiophene rings is 1. The highest BCUT2D eigenvalue weighted by atomic mass is 35.5. The van der Waals surface area contributed by atoms with Crippen LogP contribution in [0.15, 0.2) is 12.1 Å². The minimum atomic E-state index is 0.500. The van der Waals surface area contributed by atoms with Gasteiger partial charge in [0.15, 0.2) is 0 Å². The second kappa shape index (κ2) is 5.58. The summed E-state index contributed by atoms with van der Waals surface area (Å²) < 4.78 is 0.899. The Hall–Kier alpha value is 0.300. The maximum atomic E-state index is 6.00. The Bertz CT molecular complexity index is 307. The highest BCUT2D eigenvalue weighted by Gasteiger charge is 2.27. The van der Waals surface area contributed by atoms with Gasteiger partial charge in [0.25, 0.3) is 0 Å². The smallest absolute Gasteiger partial charge is 0.0931 e. The van der Waals surface area contributed by atoms with Crippen LogP contribution in [0, 0.1) is 0 Å². The summed E-state index contributed by atoms with van der Waals surface area (Å²) in [6, 6.07) is 4.67. The van der Waals surface area contributed by atoms with Crippen LogP contribution in [0.2, 0.25) is 4.34 Å². The first kappa shape index (κ1) is 11.8. The van der Waals surface area contributed by atoms with E-state index in [4.69, 9.17) is 11.6 Å². The van der Waals surface area contributed by atoms with Gasteiger partial charge < -0.3 is 5.32 Å². The van der Waals surface area contributed by atoms with E-state index >= 15 is 0 Å². The fraction of sp³-hybridized carbons (Fsp3) is 0.636. The Morgan fingerprint density at radius 2 is 2.47 bits per heavy atom. The molecule has 84 valence electrons. The van der Waals surface area contributed by atoms with Gasteiger partial charge in [-0.25, -0.2) is 0 Å². The van der Waals surface area contributed by atoms with E-state index in [1.54, 1.807) is 11.3 Å². The van der Waals surface area contributed by atoms with E-state index in [1.165, 1.54) is 23.5 Å². The molecule has 1 aliphatic rings. The molecule has 1 aromatic rings. The minimum absolute atomic E-state index is 0.500. The van der Waals surface area contributed by atoms with Crippen molar-refractivity contribution in [2.45, 2.75) is 31.1 Å². The Morgan fingerprint density at radius 3 is 3.00 bits per heavy atom. The van der Waals surface area contributed by atoms with Crippen LogP contribution in [-0.4, -0.2) is 17.5 Å². The quantitative estimate of drug-likeness (QED) is 0.881. The van der Waals surface area contributed by atoms with Crippen molar-refractivity contribution in [2.24, 2.45) is 0 Å². The molecular formula is C11H16ClNS2. The average molecular weight is 262 g/mol. The maximum Gasteiger partial charge on any atom is 0.0931 e. The first-order valence-corrected chi connectivity index (χ1v) is 7.66. The van der Waals surface area contributed by atoms with E-state index in [0.717, 1.165) is 16.1 Å². The van der Waals surface area contributed by atoms with E-state index < -0.39 is 0 Å². The lowest BCUT2D eigenvalue weighted by Crippen LogP contribution is -2.28. The lowest BCUT2D eigenvalue weighted by molar-refractivity contribution is 0.526. The molecule has 1 N–H and O–H groups in total. The number of halogens is 1. The molecule has 2 atom stereocenters. The van der Waals surface area contributed by atoms with E-state index in [1.807, 2.05) is 6.07 Å². The Morgan fingerprint density at radius 1 is 1.60 bits per heavy atom. The van der Waals surface area contributed by atoms with Gasteiger partial charge in [-0.3, -0.25) is 0 Å². The first-order chi connectivity index (χ1) is 7.31. The third-order valence-corrected chi connectivity index (χ3v) is 5.44. The zero-order valence-corrected chi connectivity index (χ0v) is 11.2. The highest BCUT2D eigenvalue weighted by Crippen LogP contribution is 2.39. The fourth-order valence-corrected chi connectivity index (χ4v) is 4.69. The van der Waals surface area contributed by atoms with Crippen molar-refractivity contribution in [3.8, 4) is 0 Å². The second-order valence-corrected chi connectivity index (χ2v) is 6.82. The molecule has 2 heterocycles. The molecule has 2 rings (SSSR count). The Labute approximate surface area is 105 Å². The van der Waals surface area contributed by atoms with Crippen LogP contribution < -0.4 is 5.32 Å².